The van der Waals surface area contributed by atoms with Crippen molar-refractivity contribution in [1.82, 2.24) is 4.57 Å². The highest BCUT2D eigenvalue weighted by Crippen LogP contribution is 2.30. The minimum atomic E-state index is -0.926. The summed E-state index contributed by atoms with van der Waals surface area (Å²) in [4.78, 5) is 23.6. The third-order valence-corrected chi connectivity index (χ3v) is 6.41. The number of fused-ring (bicyclic) bond motifs is 1. The van der Waals surface area contributed by atoms with Crippen LogP contribution in [0.15, 0.2) is 54.7 Å². The third kappa shape index (κ3) is 7.68. The van der Waals surface area contributed by atoms with E-state index in [1.807, 2.05) is 6.92 Å². The number of hydrogen-bond acceptors (Lipinski definition) is 3. The van der Waals surface area contributed by atoms with Crippen LogP contribution in [0, 0.1) is 5.82 Å². The number of halogens is 1. The van der Waals surface area contributed by atoms with Crippen molar-refractivity contribution in [3.63, 3.8) is 0 Å². The van der Waals surface area contributed by atoms with Crippen molar-refractivity contribution in [1.29, 1.82) is 0 Å². The van der Waals surface area contributed by atoms with Crippen molar-refractivity contribution in [2.24, 2.45) is 0 Å². The van der Waals surface area contributed by atoms with Crippen LogP contribution in [0.3, 0.4) is 0 Å². The predicted molar refractivity (Wildman–Crippen MR) is 146 cm³/mol. The highest BCUT2D eigenvalue weighted by atomic mass is 19.1. The Bertz CT molecular complexity index is 1240. The first-order valence-corrected chi connectivity index (χ1v) is 13.1. The fourth-order valence-electron chi connectivity index (χ4n) is 4.61. The molecular weight excluding hydrogens is 471 g/mol. The highest BCUT2D eigenvalue weighted by Gasteiger charge is 2.14. The van der Waals surface area contributed by atoms with Gasteiger partial charge in [-0.3, -0.25) is 9.59 Å². The third-order valence-electron chi connectivity index (χ3n) is 6.41. The average molecular weight is 509 g/mol. The van der Waals surface area contributed by atoms with E-state index < -0.39 is 11.8 Å². The van der Waals surface area contributed by atoms with Gasteiger partial charge in [0.2, 0.25) is 5.91 Å². The molecular formula is C30H37FN2O4. The first-order valence-electron chi connectivity index (χ1n) is 13.1. The Morgan fingerprint density at radius 3 is 2.51 bits per heavy atom. The minimum Gasteiger partial charge on any atom is -0.491 e. The van der Waals surface area contributed by atoms with Crippen LogP contribution in [0.2, 0.25) is 0 Å². The van der Waals surface area contributed by atoms with Crippen LogP contribution in [0.1, 0.15) is 77.3 Å². The molecule has 0 aliphatic carbocycles. The monoisotopic (exact) mass is 508 g/mol. The lowest BCUT2D eigenvalue weighted by atomic mass is 10.0. The number of allylic oxidation sites excluding steroid dienone is 1. The summed E-state index contributed by atoms with van der Waals surface area (Å²) in [7, 11) is 0. The molecule has 0 saturated heterocycles. The number of benzene rings is 2. The maximum absolute atomic E-state index is 13.8. The van der Waals surface area contributed by atoms with Gasteiger partial charge in [0, 0.05) is 41.7 Å². The fourth-order valence-corrected chi connectivity index (χ4v) is 4.61. The maximum atomic E-state index is 13.8. The number of aromatic nitrogens is 1. The molecule has 7 heteroatoms. The molecule has 2 N–H and O–H groups in total. The van der Waals surface area contributed by atoms with Gasteiger partial charge in [-0.15, -0.1) is 0 Å². The first-order chi connectivity index (χ1) is 17.9. The number of aliphatic carboxylic acids is 1. The van der Waals surface area contributed by atoms with Gasteiger partial charge in [-0.25, -0.2) is 4.39 Å². The zero-order valence-corrected chi connectivity index (χ0v) is 21.9. The Balaban J connectivity index is 1.78. The molecule has 0 fully saturated rings. The quantitative estimate of drug-likeness (QED) is 0.174. The molecule has 0 aliphatic heterocycles. The molecule has 198 valence electrons. The fraction of sp³-hybridized carbons (Fsp3) is 0.400. The number of nitrogens with zero attached hydrogens (tertiary/aromatic N) is 1. The van der Waals surface area contributed by atoms with E-state index in [9.17, 15) is 14.0 Å². The van der Waals surface area contributed by atoms with E-state index in [-0.39, 0.29) is 31.1 Å². The topological polar surface area (TPSA) is 80.6 Å². The van der Waals surface area contributed by atoms with Gasteiger partial charge < -0.3 is 19.7 Å². The van der Waals surface area contributed by atoms with Crippen LogP contribution in [0.25, 0.3) is 16.5 Å². The van der Waals surface area contributed by atoms with E-state index in [0.717, 1.165) is 42.2 Å². The Kier molecular flexibility index (Phi) is 10.3. The van der Waals surface area contributed by atoms with E-state index >= 15 is 0 Å². The minimum absolute atomic E-state index is 0.0504. The SMILES string of the molecule is CCCC(CCC)n1ccc2cc(/C(=C\C(=O)Nc3ccc(F)cc3OCCCC(=O)O)CC)ccc21. The van der Waals surface area contributed by atoms with Gasteiger partial charge in [-0.05, 0) is 67.2 Å². The molecule has 0 bridgehead atoms. The Morgan fingerprint density at radius 2 is 1.84 bits per heavy atom. The number of carbonyl (C=O) groups excluding carboxylic acids is 1. The average Bonchev–Trinajstić information content (AvgIpc) is 3.29. The molecule has 37 heavy (non-hydrogen) atoms. The van der Waals surface area contributed by atoms with E-state index in [1.165, 1.54) is 23.7 Å². The summed E-state index contributed by atoms with van der Waals surface area (Å²) >= 11 is 0. The summed E-state index contributed by atoms with van der Waals surface area (Å²) < 4.78 is 21.7. The van der Waals surface area contributed by atoms with Crippen LogP contribution in [0.4, 0.5) is 10.1 Å². The normalized spacial score (nSPS) is 11.8. The van der Waals surface area contributed by atoms with Gasteiger partial charge in [0.1, 0.15) is 11.6 Å². The number of rotatable bonds is 14. The largest absolute Gasteiger partial charge is 0.491 e. The number of carboxylic acid groups (broad SMARTS) is 1. The molecule has 2 aromatic carbocycles. The van der Waals surface area contributed by atoms with E-state index in [2.05, 4.69) is 54.2 Å². The van der Waals surface area contributed by atoms with Gasteiger partial charge in [0.25, 0.3) is 0 Å². The van der Waals surface area contributed by atoms with E-state index in [0.29, 0.717) is 18.2 Å². The second-order valence-electron chi connectivity index (χ2n) is 9.23. The first kappa shape index (κ1) is 28.0. The Labute approximate surface area is 218 Å². The molecule has 0 unspecified atom stereocenters. The molecule has 3 aromatic rings. The van der Waals surface area contributed by atoms with Crippen molar-refractivity contribution in [3.05, 3.63) is 66.1 Å². The summed E-state index contributed by atoms with van der Waals surface area (Å²) in [5.41, 5.74) is 3.40. The van der Waals surface area contributed by atoms with E-state index in [4.69, 9.17) is 9.84 Å². The molecule has 0 aliphatic rings. The highest BCUT2D eigenvalue weighted by molar-refractivity contribution is 6.05. The molecule has 1 aromatic heterocycles. The molecule has 0 atom stereocenters. The molecule has 1 heterocycles. The van der Waals surface area contributed by atoms with Gasteiger partial charge >= 0.3 is 5.97 Å². The number of ether oxygens (including phenoxy) is 1. The van der Waals surface area contributed by atoms with Gasteiger partial charge in [-0.2, -0.15) is 0 Å². The summed E-state index contributed by atoms with van der Waals surface area (Å²) in [5.74, 6) is -1.61. The molecule has 0 spiro atoms. The molecule has 0 radical (unpaired) electrons. The van der Waals surface area contributed by atoms with Gasteiger partial charge in [0.15, 0.2) is 0 Å². The number of anilines is 1. The molecule has 0 saturated carbocycles. The van der Waals surface area contributed by atoms with Gasteiger partial charge in [-0.1, -0.05) is 39.7 Å². The summed E-state index contributed by atoms with van der Waals surface area (Å²) in [5, 5.41) is 12.7. The summed E-state index contributed by atoms with van der Waals surface area (Å²) in [6, 6.07) is 12.8. The zero-order chi connectivity index (χ0) is 26.8. The molecule has 1 amide bonds. The summed E-state index contributed by atoms with van der Waals surface area (Å²) in [6.45, 7) is 6.54. The van der Waals surface area contributed by atoms with Crippen LogP contribution < -0.4 is 10.1 Å². The molecule has 6 nitrogen and oxygen atoms in total. The molecule has 3 rings (SSSR count). The number of hydrogen-bond donors (Lipinski definition) is 2. The van der Waals surface area contributed by atoms with Crippen LogP contribution in [-0.2, 0) is 9.59 Å². The lowest BCUT2D eigenvalue weighted by Gasteiger charge is -2.19. The standard InChI is InChI=1S/C30H37FN2O4/c1-4-8-25(9-5-2)33-16-15-23-18-22(11-14-27(23)33)21(6-3)19-29(34)32-26-13-12-24(31)20-28(26)37-17-7-10-30(35)36/h11-16,18-20,25H,4-10,17H2,1-3H3,(H,32,34)(H,35,36)/b21-19-. The van der Waals surface area contributed by atoms with Crippen LogP contribution in [-0.4, -0.2) is 28.2 Å². The smallest absolute Gasteiger partial charge is 0.303 e. The van der Waals surface area contributed by atoms with Crippen LogP contribution >= 0.6 is 0 Å². The van der Waals surface area contributed by atoms with Crippen LogP contribution in [0.5, 0.6) is 5.75 Å². The number of amides is 1. The van der Waals surface area contributed by atoms with Crippen molar-refractivity contribution in [3.8, 4) is 5.75 Å². The van der Waals surface area contributed by atoms with Gasteiger partial charge in [0.05, 0.1) is 12.3 Å². The van der Waals surface area contributed by atoms with Crippen molar-refractivity contribution >= 4 is 34.0 Å². The number of nitrogens with one attached hydrogen (secondary N) is 1. The number of carboxylic acids is 1. The second-order valence-corrected chi connectivity index (χ2v) is 9.23. The van der Waals surface area contributed by atoms with E-state index in [1.54, 1.807) is 6.08 Å². The maximum Gasteiger partial charge on any atom is 0.303 e. The Hall–Kier alpha value is -3.61. The summed E-state index contributed by atoms with van der Waals surface area (Å²) in [6.07, 6.45) is 9.20. The Morgan fingerprint density at radius 1 is 1.08 bits per heavy atom. The lowest BCUT2D eigenvalue weighted by Crippen LogP contribution is -2.11. The van der Waals surface area contributed by atoms with Crippen molar-refractivity contribution < 1.29 is 23.8 Å². The van der Waals surface area contributed by atoms with Crippen molar-refractivity contribution in [2.45, 2.75) is 71.8 Å². The lowest BCUT2D eigenvalue weighted by molar-refractivity contribution is -0.137. The van der Waals surface area contributed by atoms with Crippen molar-refractivity contribution in [2.75, 3.05) is 11.9 Å². The zero-order valence-electron chi connectivity index (χ0n) is 21.9. The second kappa shape index (κ2) is 13.6. The number of carbonyl (C=O) groups is 2. The predicted octanol–water partition coefficient (Wildman–Crippen LogP) is 7.60.